The van der Waals surface area contributed by atoms with Gasteiger partial charge in [0, 0.05) is 91.9 Å². The molecule has 10 rings (SSSR count). The molecule has 5 aromatic rings. The number of rotatable bonds is 21. The minimum atomic E-state index is -1.07. The minimum Gasteiger partial charge on any atom is -0.493 e. The van der Waals surface area contributed by atoms with Crippen molar-refractivity contribution in [3.8, 4) is 23.0 Å². The fourth-order valence-electron chi connectivity index (χ4n) is 10.7. The van der Waals surface area contributed by atoms with Gasteiger partial charge in [0.1, 0.15) is 25.3 Å². The Kier molecular flexibility index (Phi) is 16.2. The Labute approximate surface area is 467 Å². The van der Waals surface area contributed by atoms with Gasteiger partial charge >= 0.3 is 0 Å². The third kappa shape index (κ3) is 11.9. The summed E-state index contributed by atoms with van der Waals surface area (Å²) in [5.74, 6) is -2.19. The molecule has 0 saturated carbocycles. The second-order valence-corrected chi connectivity index (χ2v) is 20.4. The number of amides is 7. The van der Waals surface area contributed by atoms with E-state index in [2.05, 4.69) is 21.3 Å². The van der Waals surface area contributed by atoms with Crippen LogP contribution in [0.15, 0.2) is 113 Å². The summed E-state index contributed by atoms with van der Waals surface area (Å²) in [6.45, 7) is 3.07. The quantitative estimate of drug-likeness (QED) is 0.0451. The van der Waals surface area contributed by atoms with Crippen LogP contribution in [0.1, 0.15) is 94.0 Å². The maximum absolute atomic E-state index is 14.2. The first-order valence-corrected chi connectivity index (χ1v) is 26.8. The lowest BCUT2D eigenvalue weighted by atomic mass is 9.86. The van der Waals surface area contributed by atoms with Gasteiger partial charge in [-0.2, -0.15) is 0 Å². The van der Waals surface area contributed by atoms with Crippen LogP contribution in [0, 0.1) is 5.92 Å². The smallest absolute Gasteiger partial charge is 0.261 e. The SMILES string of the molecule is COc1cc2c(cc1OCc1cc(COc3cc4c(cc3OC)C(=O)N3c5ccccc5C[C@H]3C=N4)cc(NC(=O)[C@H](C)NC(=O)[C@H](C)NC(=O)CCCCC(=O)NCCN3C(=O)C=CC3=O)c1)N=C[C@@H]1Cc3ccccc3C1C2=O. The number of unbranched alkanes of at least 4 members (excludes halogenated alkanes) is 1. The van der Waals surface area contributed by atoms with Crippen molar-refractivity contribution < 1.29 is 57.3 Å². The van der Waals surface area contributed by atoms with E-state index in [1.165, 1.54) is 40.2 Å². The molecule has 5 aliphatic rings. The predicted molar refractivity (Wildman–Crippen MR) is 300 cm³/mol. The van der Waals surface area contributed by atoms with Gasteiger partial charge in [-0.15, -0.1) is 0 Å². The van der Waals surface area contributed by atoms with Gasteiger partial charge in [-0.05, 0) is 97.3 Å². The summed E-state index contributed by atoms with van der Waals surface area (Å²) in [5.41, 5.74) is 7.20. The molecular weight excluding hydrogens is 1040 g/mol. The number of carbonyl (C=O) groups is 8. The lowest BCUT2D eigenvalue weighted by molar-refractivity contribution is -0.137. The summed E-state index contributed by atoms with van der Waals surface area (Å²) < 4.78 is 24.4. The number of anilines is 2. The number of hydrogen-bond donors (Lipinski definition) is 4. The van der Waals surface area contributed by atoms with Gasteiger partial charge in [-0.1, -0.05) is 42.5 Å². The van der Waals surface area contributed by atoms with Crippen LogP contribution in [0.3, 0.4) is 0 Å². The van der Waals surface area contributed by atoms with E-state index < -0.39 is 41.6 Å². The fourth-order valence-corrected chi connectivity index (χ4v) is 10.7. The molecule has 0 radical (unpaired) electrons. The van der Waals surface area contributed by atoms with Gasteiger partial charge in [0.2, 0.25) is 23.6 Å². The summed E-state index contributed by atoms with van der Waals surface area (Å²) in [6.07, 6.45) is 8.21. The number of nitrogens with one attached hydrogen (secondary N) is 4. The average Bonchev–Trinajstić information content (AvgIpc) is 4.22. The van der Waals surface area contributed by atoms with Crippen LogP contribution < -0.4 is 45.1 Å². The molecule has 0 aromatic heterocycles. The highest BCUT2D eigenvalue weighted by molar-refractivity contribution is 6.15. The number of ether oxygens (including phenoxy) is 4. The zero-order chi connectivity index (χ0) is 56.9. The van der Waals surface area contributed by atoms with Crippen molar-refractivity contribution in [1.29, 1.82) is 0 Å². The van der Waals surface area contributed by atoms with Crippen molar-refractivity contribution >= 4 is 82.3 Å². The Hall–Kier alpha value is -9.46. The molecule has 7 amide bonds. The molecule has 4 N–H and O–H groups in total. The van der Waals surface area contributed by atoms with E-state index in [-0.39, 0.29) is 74.6 Å². The van der Waals surface area contributed by atoms with Crippen molar-refractivity contribution in [3.63, 3.8) is 0 Å². The van der Waals surface area contributed by atoms with Crippen LogP contribution in [-0.2, 0) is 54.8 Å². The molecule has 1 unspecified atom stereocenters. The van der Waals surface area contributed by atoms with E-state index in [1.54, 1.807) is 47.5 Å². The minimum absolute atomic E-state index is 0.0398. The van der Waals surface area contributed by atoms with Crippen LogP contribution in [0.4, 0.5) is 22.7 Å². The van der Waals surface area contributed by atoms with Crippen molar-refractivity contribution in [2.24, 2.45) is 15.9 Å². The highest BCUT2D eigenvalue weighted by atomic mass is 16.5. The first-order valence-electron chi connectivity index (χ1n) is 26.8. The normalized spacial score (nSPS) is 17.8. The lowest BCUT2D eigenvalue weighted by Gasteiger charge is -2.22. The first kappa shape index (κ1) is 54.9. The molecule has 0 fully saturated rings. The van der Waals surface area contributed by atoms with Crippen molar-refractivity contribution in [2.45, 2.75) is 89.6 Å². The molecule has 0 bridgehead atoms. The van der Waals surface area contributed by atoms with Gasteiger partial charge in [0.05, 0.1) is 43.1 Å². The summed E-state index contributed by atoms with van der Waals surface area (Å²) in [5, 5.41) is 10.8. The molecule has 4 aliphatic heterocycles. The van der Waals surface area contributed by atoms with Crippen molar-refractivity contribution in [3.05, 3.63) is 142 Å². The molecule has 0 spiro atoms. The molecule has 5 aromatic carbocycles. The van der Waals surface area contributed by atoms with Crippen molar-refractivity contribution in [1.82, 2.24) is 20.9 Å². The number of nitrogens with zero attached hydrogens (tertiary/aromatic N) is 4. The van der Waals surface area contributed by atoms with Gasteiger partial charge in [0.15, 0.2) is 28.8 Å². The highest BCUT2D eigenvalue weighted by Crippen LogP contribution is 2.46. The summed E-state index contributed by atoms with van der Waals surface area (Å²) in [6, 6.07) is 25.3. The highest BCUT2D eigenvalue weighted by Gasteiger charge is 2.40. The fraction of sp³-hybridized carbons (Fsp3) is 0.311. The molecule has 4 heterocycles. The van der Waals surface area contributed by atoms with Gasteiger partial charge < -0.3 is 40.2 Å². The zero-order valence-electron chi connectivity index (χ0n) is 45.1. The number of Topliss-reactive ketones (excluding diaryl/α,β-unsaturated/α-hetero) is 1. The van der Waals surface area contributed by atoms with Gasteiger partial charge in [0.25, 0.3) is 17.7 Å². The standard InChI is InChI=1S/C61H60N8O12/c1-34(65-54(71)16-10-9-15-53(70)62-19-20-68-55(72)17-18-56(68)73)59(75)66-35(2)60(76)67-41-22-36(32-80-51-28-46-44(26-49(51)78-3)58(74)57-40(30-63-46)24-38-11-5-7-13-43(38)57)21-37(23-41)33-81-52-29-47-45(27-50(52)79-4)61(77)69-42(31-64-47)25-39-12-6-8-14-48(39)69/h5-8,11-14,17-18,21-23,26-31,34-35,40,42,57H,9-10,15-16,19-20,24-25,32-33H2,1-4H3,(H,62,70)(H,65,71)(H,66,75)(H,67,76)/t34-,35-,40-,42-,57?/m0/s1. The number of fused-ring (bicyclic) bond motifs is 8. The van der Waals surface area contributed by atoms with Crippen LogP contribution in [0.25, 0.3) is 0 Å². The molecule has 1 aliphatic carbocycles. The molecule has 5 atom stereocenters. The molecular formula is C61H60N8O12. The maximum Gasteiger partial charge on any atom is 0.261 e. The Morgan fingerprint density at radius 1 is 0.654 bits per heavy atom. The van der Waals surface area contributed by atoms with Crippen LogP contribution in [0.5, 0.6) is 23.0 Å². The Morgan fingerprint density at radius 2 is 1.26 bits per heavy atom. The molecule has 416 valence electrons. The molecule has 20 heteroatoms. The third-order valence-electron chi connectivity index (χ3n) is 14.9. The number of carbonyl (C=O) groups excluding carboxylic acids is 8. The monoisotopic (exact) mass is 1100 g/mol. The Morgan fingerprint density at radius 3 is 1.95 bits per heavy atom. The number of methoxy groups -OCH3 is 2. The van der Waals surface area contributed by atoms with E-state index in [0.717, 1.165) is 27.3 Å². The summed E-state index contributed by atoms with van der Waals surface area (Å²) in [4.78, 5) is 116. The molecule has 81 heavy (non-hydrogen) atoms. The first-order chi connectivity index (χ1) is 39.2. The van der Waals surface area contributed by atoms with E-state index in [4.69, 9.17) is 28.9 Å². The summed E-state index contributed by atoms with van der Waals surface area (Å²) in [7, 11) is 2.98. The number of benzene rings is 5. The second kappa shape index (κ2) is 23.9. The third-order valence-corrected chi connectivity index (χ3v) is 14.9. The van der Waals surface area contributed by atoms with Crippen molar-refractivity contribution in [2.75, 3.05) is 37.5 Å². The number of hydrogen-bond acceptors (Lipinski definition) is 14. The van der Waals surface area contributed by atoms with E-state index in [9.17, 15) is 38.4 Å². The molecule has 20 nitrogen and oxygen atoms in total. The zero-order valence-corrected chi connectivity index (χ0v) is 45.1. The number of para-hydroxylation sites is 1. The van der Waals surface area contributed by atoms with Crippen LogP contribution in [0.2, 0.25) is 0 Å². The maximum atomic E-state index is 14.2. The van der Waals surface area contributed by atoms with E-state index in [1.807, 2.05) is 60.8 Å². The lowest BCUT2D eigenvalue weighted by Crippen LogP contribution is -2.50. The Bertz CT molecular complexity index is 3300. The Balaban J connectivity index is 0.806. The second-order valence-electron chi connectivity index (χ2n) is 20.4. The largest absolute Gasteiger partial charge is 0.493 e. The predicted octanol–water partition coefficient (Wildman–Crippen LogP) is 6.55. The number of ketones is 1. The van der Waals surface area contributed by atoms with Gasteiger partial charge in [-0.3, -0.25) is 58.1 Å². The number of aliphatic imine (C=N–C) groups is 2. The number of imide groups is 1. The van der Waals surface area contributed by atoms with E-state index >= 15 is 0 Å². The van der Waals surface area contributed by atoms with Crippen LogP contribution >= 0.6 is 0 Å². The van der Waals surface area contributed by atoms with Crippen LogP contribution in [-0.4, -0.2) is 110 Å². The topological polar surface area (TPSA) is 253 Å². The molecule has 0 saturated heterocycles. The van der Waals surface area contributed by atoms with E-state index in [0.29, 0.717) is 88.0 Å². The summed E-state index contributed by atoms with van der Waals surface area (Å²) >= 11 is 0. The average molecular weight is 1100 g/mol. The van der Waals surface area contributed by atoms with Gasteiger partial charge in [-0.25, -0.2) is 0 Å².